The van der Waals surface area contributed by atoms with Crippen LogP contribution in [0.3, 0.4) is 0 Å². The maximum atomic E-state index is 14.5. The van der Waals surface area contributed by atoms with Gasteiger partial charge < -0.3 is 9.67 Å². The number of aliphatic hydroxyl groups is 1. The van der Waals surface area contributed by atoms with Crippen LogP contribution in [-0.4, -0.2) is 25.6 Å². The van der Waals surface area contributed by atoms with Gasteiger partial charge in [-0.05, 0) is 54.1 Å². The van der Waals surface area contributed by atoms with E-state index in [4.69, 9.17) is 5.26 Å². The molecule has 3 aromatic carbocycles. The normalized spacial score (nSPS) is 13.8. The van der Waals surface area contributed by atoms with Crippen LogP contribution in [0, 0.1) is 17.1 Å². The molecular formula is C25H16F4N4O. The van der Waals surface area contributed by atoms with E-state index in [1.165, 1.54) is 82.3 Å². The highest BCUT2D eigenvalue weighted by atomic mass is 19.4. The Hall–Kier alpha value is -4.16. The third kappa shape index (κ3) is 3.15. The summed E-state index contributed by atoms with van der Waals surface area (Å²) in [6.45, 7) is 0. The molecule has 2 heterocycles. The number of aryl methyl sites for hydroxylation is 1. The molecule has 0 aliphatic carbocycles. The number of rotatable bonds is 3. The molecule has 170 valence electrons. The Balaban J connectivity index is 1.71. The minimum Gasteiger partial charge on any atom is -0.372 e. The van der Waals surface area contributed by atoms with Crippen LogP contribution in [0.1, 0.15) is 16.7 Å². The lowest BCUT2D eigenvalue weighted by molar-refractivity contribution is -0.247. The highest BCUT2D eigenvalue weighted by molar-refractivity contribution is 5.87. The van der Waals surface area contributed by atoms with Crippen molar-refractivity contribution in [1.29, 1.82) is 5.26 Å². The molecule has 5 rings (SSSR count). The van der Waals surface area contributed by atoms with E-state index in [0.29, 0.717) is 27.7 Å². The first-order valence-electron chi connectivity index (χ1n) is 10.2. The molecular weight excluding hydrogens is 448 g/mol. The Morgan fingerprint density at radius 2 is 1.71 bits per heavy atom. The Morgan fingerprint density at radius 1 is 0.971 bits per heavy atom. The van der Waals surface area contributed by atoms with Gasteiger partial charge in [-0.2, -0.15) is 23.5 Å². The highest BCUT2D eigenvalue weighted by Gasteiger charge is 2.57. The first kappa shape index (κ1) is 21.7. The Bertz CT molecular complexity index is 1590. The highest BCUT2D eigenvalue weighted by Crippen LogP contribution is 2.47. The molecule has 0 radical (unpaired) electrons. The van der Waals surface area contributed by atoms with E-state index in [-0.39, 0.29) is 16.5 Å². The van der Waals surface area contributed by atoms with Crippen molar-refractivity contribution < 1.29 is 22.7 Å². The third-order valence-electron chi connectivity index (χ3n) is 5.98. The monoisotopic (exact) mass is 464 g/mol. The molecule has 1 atom stereocenters. The molecule has 1 unspecified atom stereocenters. The quantitative estimate of drug-likeness (QED) is 0.367. The number of nitrogens with zero attached hydrogens (tertiary/aromatic N) is 4. The predicted molar refractivity (Wildman–Crippen MR) is 118 cm³/mol. The molecule has 9 heteroatoms. The van der Waals surface area contributed by atoms with Gasteiger partial charge in [-0.25, -0.2) is 9.07 Å². The summed E-state index contributed by atoms with van der Waals surface area (Å²) < 4.78 is 59.7. The lowest BCUT2D eigenvalue weighted by atomic mass is 9.85. The van der Waals surface area contributed by atoms with Gasteiger partial charge in [0.1, 0.15) is 5.82 Å². The summed E-state index contributed by atoms with van der Waals surface area (Å²) in [7, 11) is 1.56. The maximum Gasteiger partial charge on any atom is 0.425 e. The van der Waals surface area contributed by atoms with Crippen molar-refractivity contribution in [2.75, 3.05) is 0 Å². The number of benzene rings is 3. The second-order valence-corrected chi connectivity index (χ2v) is 8.01. The summed E-state index contributed by atoms with van der Waals surface area (Å²) in [5, 5.41) is 25.2. The molecule has 34 heavy (non-hydrogen) atoms. The van der Waals surface area contributed by atoms with Crippen molar-refractivity contribution in [1.82, 2.24) is 14.3 Å². The van der Waals surface area contributed by atoms with Crippen LogP contribution >= 0.6 is 0 Å². The SMILES string of the molecule is Cn1cc(C(O)(c2ccc3c(cnn3-c3ccc(F)cc3)c2)C(F)(F)F)c2ccc(C#N)cc21. The molecule has 0 amide bonds. The Labute approximate surface area is 190 Å². The van der Waals surface area contributed by atoms with Crippen LogP contribution in [0.25, 0.3) is 27.5 Å². The fourth-order valence-corrected chi connectivity index (χ4v) is 4.26. The van der Waals surface area contributed by atoms with Gasteiger partial charge in [0.15, 0.2) is 0 Å². The van der Waals surface area contributed by atoms with Gasteiger partial charge in [-0.3, -0.25) is 0 Å². The fraction of sp³-hybridized carbons (Fsp3) is 0.120. The van der Waals surface area contributed by atoms with Crippen molar-refractivity contribution in [3.8, 4) is 11.8 Å². The van der Waals surface area contributed by atoms with Crippen molar-refractivity contribution >= 4 is 21.8 Å². The van der Waals surface area contributed by atoms with Gasteiger partial charge in [-0.15, -0.1) is 0 Å². The molecule has 5 nitrogen and oxygen atoms in total. The van der Waals surface area contributed by atoms with E-state index < -0.39 is 17.6 Å². The van der Waals surface area contributed by atoms with Crippen LogP contribution in [0.2, 0.25) is 0 Å². The van der Waals surface area contributed by atoms with Crippen LogP contribution in [-0.2, 0) is 12.6 Å². The minimum absolute atomic E-state index is 0.184. The van der Waals surface area contributed by atoms with Crippen LogP contribution in [0.4, 0.5) is 17.6 Å². The van der Waals surface area contributed by atoms with Gasteiger partial charge in [-0.1, -0.05) is 12.1 Å². The summed E-state index contributed by atoms with van der Waals surface area (Å²) in [4.78, 5) is 0. The molecule has 0 fully saturated rings. The maximum absolute atomic E-state index is 14.5. The molecule has 0 spiro atoms. The minimum atomic E-state index is -5.05. The zero-order chi connectivity index (χ0) is 24.3. The molecule has 5 aromatic rings. The first-order chi connectivity index (χ1) is 16.1. The smallest absolute Gasteiger partial charge is 0.372 e. The Kier molecular flexibility index (Phi) is 4.74. The van der Waals surface area contributed by atoms with Gasteiger partial charge in [0.05, 0.1) is 29.0 Å². The van der Waals surface area contributed by atoms with E-state index in [1.54, 1.807) is 7.05 Å². The van der Waals surface area contributed by atoms with E-state index in [2.05, 4.69) is 5.10 Å². The van der Waals surface area contributed by atoms with Crippen LogP contribution < -0.4 is 0 Å². The standard InChI is InChI=1S/C25H16F4N4O/c1-32-14-21(20-8-2-15(12-30)10-23(20)32)24(34,25(27,28)29)17-3-9-22-16(11-17)13-31-33(22)19-6-4-18(26)5-7-19/h2-11,13-14,34H,1H3. The molecule has 0 saturated carbocycles. The number of nitriles is 1. The summed E-state index contributed by atoms with van der Waals surface area (Å²) in [6.07, 6.45) is -2.43. The second kappa shape index (κ2) is 7.43. The van der Waals surface area contributed by atoms with Gasteiger partial charge in [0.2, 0.25) is 5.60 Å². The van der Waals surface area contributed by atoms with Crippen LogP contribution in [0.5, 0.6) is 0 Å². The zero-order valence-corrected chi connectivity index (χ0v) is 17.7. The van der Waals surface area contributed by atoms with Crippen molar-refractivity contribution in [2.45, 2.75) is 11.8 Å². The van der Waals surface area contributed by atoms with Crippen LogP contribution in [0.15, 0.2) is 73.1 Å². The number of halogens is 4. The second-order valence-electron chi connectivity index (χ2n) is 8.01. The van der Waals surface area contributed by atoms with Crippen molar-refractivity contribution in [2.24, 2.45) is 7.05 Å². The third-order valence-corrected chi connectivity index (χ3v) is 5.98. The summed E-state index contributed by atoms with van der Waals surface area (Å²) in [6, 6.07) is 15.7. The van der Waals surface area contributed by atoms with E-state index in [1.807, 2.05) is 6.07 Å². The molecule has 0 saturated heterocycles. The molecule has 0 aliphatic heterocycles. The average molecular weight is 464 g/mol. The van der Waals surface area contributed by atoms with Crippen molar-refractivity contribution in [3.63, 3.8) is 0 Å². The van der Waals surface area contributed by atoms with Gasteiger partial charge in [0.25, 0.3) is 0 Å². The predicted octanol–water partition coefficient (Wildman–Crippen LogP) is 5.33. The topological polar surface area (TPSA) is 66.8 Å². The zero-order valence-electron chi connectivity index (χ0n) is 17.7. The Morgan fingerprint density at radius 3 is 2.38 bits per heavy atom. The van der Waals surface area contributed by atoms with E-state index >= 15 is 0 Å². The molecule has 0 aliphatic rings. The van der Waals surface area contributed by atoms with Crippen molar-refractivity contribution in [3.05, 3.63) is 95.6 Å². The van der Waals surface area contributed by atoms with E-state index in [9.17, 15) is 22.7 Å². The summed E-state index contributed by atoms with van der Waals surface area (Å²) in [5.41, 5.74) is -2.30. The van der Waals surface area contributed by atoms with Gasteiger partial charge in [0, 0.05) is 35.1 Å². The van der Waals surface area contributed by atoms with E-state index in [0.717, 1.165) is 0 Å². The number of aromatic nitrogens is 3. The largest absolute Gasteiger partial charge is 0.425 e. The first-order valence-corrected chi connectivity index (χ1v) is 10.2. The number of alkyl halides is 3. The molecule has 2 aromatic heterocycles. The summed E-state index contributed by atoms with van der Waals surface area (Å²) >= 11 is 0. The average Bonchev–Trinajstić information content (AvgIpc) is 3.39. The fourth-order valence-electron chi connectivity index (χ4n) is 4.26. The lowest BCUT2D eigenvalue weighted by Gasteiger charge is -2.31. The molecule has 1 N–H and O–H groups in total. The number of fused-ring (bicyclic) bond motifs is 2. The number of hydrogen-bond acceptors (Lipinski definition) is 3. The van der Waals surface area contributed by atoms with Gasteiger partial charge >= 0.3 is 6.18 Å². The lowest BCUT2D eigenvalue weighted by Crippen LogP contribution is -2.43. The summed E-state index contributed by atoms with van der Waals surface area (Å²) in [5.74, 6) is -0.422. The number of hydrogen-bond donors (Lipinski definition) is 1. The molecule has 0 bridgehead atoms.